The third kappa shape index (κ3) is 3.73. The van der Waals surface area contributed by atoms with Crippen molar-refractivity contribution in [2.24, 2.45) is 0 Å². The van der Waals surface area contributed by atoms with Crippen molar-refractivity contribution < 1.29 is 4.79 Å². The van der Waals surface area contributed by atoms with Crippen molar-refractivity contribution in [3.05, 3.63) is 40.4 Å². The average Bonchev–Trinajstić information content (AvgIpc) is 3.34. The van der Waals surface area contributed by atoms with Crippen molar-refractivity contribution in [2.45, 2.75) is 31.7 Å². The zero-order valence-corrected chi connectivity index (χ0v) is 15.7. The summed E-state index contributed by atoms with van der Waals surface area (Å²) < 4.78 is 0. The van der Waals surface area contributed by atoms with Crippen LogP contribution < -0.4 is 0 Å². The molecule has 25 heavy (non-hydrogen) atoms. The molecule has 2 fully saturated rings. The second kappa shape index (κ2) is 7.44. The van der Waals surface area contributed by atoms with Gasteiger partial charge in [0, 0.05) is 35.1 Å². The molecule has 3 heterocycles. The van der Waals surface area contributed by atoms with E-state index in [2.05, 4.69) is 9.88 Å². The van der Waals surface area contributed by atoms with Gasteiger partial charge in [-0.15, -0.1) is 11.3 Å². The van der Waals surface area contributed by atoms with Gasteiger partial charge in [-0.3, -0.25) is 4.79 Å². The number of carbonyl (C=O) groups excluding carboxylic acids is 1. The van der Waals surface area contributed by atoms with Crippen LogP contribution in [-0.4, -0.2) is 52.9 Å². The van der Waals surface area contributed by atoms with Gasteiger partial charge in [0.15, 0.2) is 0 Å². The van der Waals surface area contributed by atoms with Crippen LogP contribution in [0.15, 0.2) is 29.6 Å². The molecule has 0 N–H and O–H groups in total. The molecule has 2 aliphatic heterocycles. The van der Waals surface area contributed by atoms with E-state index < -0.39 is 0 Å². The number of halogens is 1. The highest BCUT2D eigenvalue weighted by Gasteiger charge is 2.29. The molecule has 4 rings (SSSR count). The third-order valence-electron chi connectivity index (χ3n) is 5.22. The molecular formula is C19H22ClN3OS. The van der Waals surface area contributed by atoms with Crippen molar-refractivity contribution in [1.29, 1.82) is 0 Å². The first kappa shape index (κ1) is 17.0. The minimum absolute atomic E-state index is 0.0661. The van der Waals surface area contributed by atoms with Crippen LogP contribution in [0, 0.1) is 0 Å². The minimum atomic E-state index is 0.0661. The summed E-state index contributed by atoms with van der Waals surface area (Å²) in [5, 5.41) is 3.45. The van der Waals surface area contributed by atoms with Gasteiger partial charge in [0.25, 0.3) is 5.91 Å². The molecule has 2 aliphatic rings. The number of thiazole rings is 1. The summed E-state index contributed by atoms with van der Waals surface area (Å²) in [7, 11) is 0. The lowest BCUT2D eigenvalue weighted by molar-refractivity contribution is 0.0639. The van der Waals surface area contributed by atoms with E-state index >= 15 is 0 Å². The molecule has 0 spiro atoms. The second-order valence-electron chi connectivity index (χ2n) is 6.81. The quantitative estimate of drug-likeness (QED) is 0.808. The largest absolute Gasteiger partial charge is 0.337 e. The highest BCUT2D eigenvalue weighted by atomic mass is 35.5. The fourth-order valence-electron chi connectivity index (χ4n) is 3.80. The molecule has 0 unspecified atom stereocenters. The van der Waals surface area contributed by atoms with Gasteiger partial charge in [-0.05, 0) is 50.9 Å². The topological polar surface area (TPSA) is 36.4 Å². The Bertz CT molecular complexity index is 731. The second-order valence-corrected chi connectivity index (χ2v) is 8.11. The zero-order valence-electron chi connectivity index (χ0n) is 14.2. The Labute approximate surface area is 157 Å². The van der Waals surface area contributed by atoms with Gasteiger partial charge in [0.1, 0.15) is 10.7 Å². The van der Waals surface area contributed by atoms with Crippen LogP contribution in [0.3, 0.4) is 0 Å². The Morgan fingerprint density at radius 2 is 1.76 bits per heavy atom. The Kier molecular flexibility index (Phi) is 5.06. The number of likely N-dealkylation sites (tertiary alicyclic amines) is 2. The summed E-state index contributed by atoms with van der Waals surface area (Å²) >= 11 is 7.45. The summed E-state index contributed by atoms with van der Waals surface area (Å²) in [6.45, 7) is 4.14. The number of hydrogen-bond donors (Lipinski definition) is 0. The highest BCUT2D eigenvalue weighted by molar-refractivity contribution is 7.13. The normalized spacial score (nSPS) is 19.5. The van der Waals surface area contributed by atoms with E-state index in [1.54, 1.807) is 0 Å². The van der Waals surface area contributed by atoms with E-state index in [-0.39, 0.29) is 5.91 Å². The minimum Gasteiger partial charge on any atom is -0.337 e. The Balaban J connectivity index is 1.39. The number of hydrogen-bond acceptors (Lipinski definition) is 4. The molecule has 0 bridgehead atoms. The van der Waals surface area contributed by atoms with Gasteiger partial charge in [-0.1, -0.05) is 23.7 Å². The lowest BCUT2D eigenvalue weighted by Crippen LogP contribution is -2.46. The molecule has 2 saturated heterocycles. The lowest BCUT2D eigenvalue weighted by atomic mass is 10.0. The average molecular weight is 376 g/mol. The first-order chi connectivity index (χ1) is 12.2. The molecule has 4 nitrogen and oxygen atoms in total. The van der Waals surface area contributed by atoms with Gasteiger partial charge in [0.05, 0.1) is 0 Å². The Morgan fingerprint density at radius 1 is 1.08 bits per heavy atom. The number of carbonyl (C=O) groups is 1. The molecule has 1 amide bonds. The monoisotopic (exact) mass is 375 g/mol. The van der Waals surface area contributed by atoms with Crippen molar-refractivity contribution in [1.82, 2.24) is 14.8 Å². The van der Waals surface area contributed by atoms with Crippen LogP contribution in [0.25, 0.3) is 10.6 Å². The predicted molar refractivity (Wildman–Crippen MR) is 102 cm³/mol. The SMILES string of the molecule is O=C(c1csc(-c2ccc(Cl)cc2)n1)N1CCC(N2CCCC2)CC1. The smallest absolute Gasteiger partial charge is 0.273 e. The predicted octanol–water partition coefficient (Wildman–Crippen LogP) is 4.16. The number of benzene rings is 1. The summed E-state index contributed by atoms with van der Waals surface area (Å²) in [5.74, 6) is 0.0661. The molecule has 0 aliphatic carbocycles. The standard InChI is InChI=1S/C19H22ClN3OS/c20-15-5-3-14(4-6-15)18-21-17(13-25-18)19(24)23-11-7-16(8-12-23)22-9-1-2-10-22/h3-6,13,16H,1-2,7-12H2. The van der Waals surface area contributed by atoms with Gasteiger partial charge in [-0.25, -0.2) is 4.98 Å². The number of rotatable bonds is 3. The van der Waals surface area contributed by atoms with E-state index in [1.807, 2.05) is 34.5 Å². The van der Waals surface area contributed by atoms with E-state index in [4.69, 9.17) is 11.6 Å². The number of aromatic nitrogens is 1. The van der Waals surface area contributed by atoms with Crippen LogP contribution in [0.4, 0.5) is 0 Å². The first-order valence-corrected chi connectivity index (χ1v) is 10.2. The molecule has 0 atom stereocenters. The van der Waals surface area contributed by atoms with Gasteiger partial charge in [0.2, 0.25) is 0 Å². The summed E-state index contributed by atoms with van der Waals surface area (Å²) in [5.41, 5.74) is 1.57. The van der Waals surface area contributed by atoms with Crippen molar-refractivity contribution in [2.75, 3.05) is 26.2 Å². The van der Waals surface area contributed by atoms with Crippen molar-refractivity contribution >= 4 is 28.8 Å². The maximum absolute atomic E-state index is 12.8. The molecule has 0 radical (unpaired) electrons. The van der Waals surface area contributed by atoms with Crippen LogP contribution in [0.1, 0.15) is 36.2 Å². The number of amides is 1. The fourth-order valence-corrected chi connectivity index (χ4v) is 4.73. The Morgan fingerprint density at radius 3 is 2.44 bits per heavy atom. The summed E-state index contributed by atoms with van der Waals surface area (Å²) in [6.07, 6.45) is 4.82. The van der Waals surface area contributed by atoms with Crippen molar-refractivity contribution in [3.63, 3.8) is 0 Å². The van der Waals surface area contributed by atoms with Crippen LogP contribution in [0.2, 0.25) is 5.02 Å². The summed E-state index contributed by atoms with van der Waals surface area (Å²) in [6, 6.07) is 8.24. The highest BCUT2D eigenvalue weighted by Crippen LogP contribution is 2.27. The maximum atomic E-state index is 12.8. The van der Waals surface area contributed by atoms with Gasteiger partial charge in [-0.2, -0.15) is 0 Å². The fraction of sp³-hybridized carbons (Fsp3) is 0.474. The van der Waals surface area contributed by atoms with E-state index in [0.29, 0.717) is 16.8 Å². The first-order valence-electron chi connectivity index (χ1n) is 8.95. The van der Waals surface area contributed by atoms with Crippen LogP contribution >= 0.6 is 22.9 Å². The molecule has 132 valence electrons. The molecule has 0 saturated carbocycles. The molecular weight excluding hydrogens is 354 g/mol. The van der Waals surface area contributed by atoms with E-state index in [0.717, 1.165) is 36.5 Å². The van der Waals surface area contributed by atoms with Crippen molar-refractivity contribution in [3.8, 4) is 10.6 Å². The molecule has 1 aromatic carbocycles. The zero-order chi connectivity index (χ0) is 17.2. The Hall–Kier alpha value is -1.43. The third-order valence-corrected chi connectivity index (χ3v) is 6.37. The maximum Gasteiger partial charge on any atom is 0.273 e. The number of piperidine rings is 1. The number of nitrogens with zero attached hydrogens (tertiary/aromatic N) is 3. The van der Waals surface area contributed by atoms with E-state index in [9.17, 15) is 4.79 Å². The lowest BCUT2D eigenvalue weighted by Gasteiger charge is -2.36. The van der Waals surface area contributed by atoms with E-state index in [1.165, 1.54) is 37.3 Å². The van der Waals surface area contributed by atoms with Crippen LogP contribution in [0.5, 0.6) is 0 Å². The summed E-state index contributed by atoms with van der Waals surface area (Å²) in [4.78, 5) is 21.9. The van der Waals surface area contributed by atoms with Gasteiger partial charge >= 0.3 is 0 Å². The molecule has 1 aromatic heterocycles. The molecule has 6 heteroatoms. The van der Waals surface area contributed by atoms with Crippen LogP contribution in [-0.2, 0) is 0 Å². The molecule has 2 aromatic rings. The van der Waals surface area contributed by atoms with Gasteiger partial charge < -0.3 is 9.80 Å².